The summed E-state index contributed by atoms with van der Waals surface area (Å²) in [5, 5.41) is 16.7. The molecule has 0 saturated carbocycles. The highest BCUT2D eigenvalue weighted by Crippen LogP contribution is 2.48. The molecular weight excluding hydrogens is 649 g/mol. The molecule has 0 aliphatic rings. The molecule has 11 aromatic rings. The van der Waals surface area contributed by atoms with Crippen LogP contribution >= 0.6 is 11.3 Å². The molecule has 0 amide bonds. The molecule has 2 heteroatoms. The molecule has 0 spiro atoms. The minimum Gasteiger partial charge on any atom is -0.456 e. The number of furan rings is 1. The van der Waals surface area contributed by atoms with E-state index in [0.717, 1.165) is 27.5 Å². The summed E-state index contributed by atoms with van der Waals surface area (Å²) >= 11 is 1.74. The van der Waals surface area contributed by atoms with E-state index in [4.69, 9.17) is 4.42 Å². The normalized spacial score (nSPS) is 11.8. The van der Waals surface area contributed by atoms with Gasteiger partial charge in [0.25, 0.3) is 0 Å². The highest BCUT2D eigenvalue weighted by Gasteiger charge is 2.22. The fraction of sp³-hybridized carbons (Fsp3) is 0. The van der Waals surface area contributed by atoms with E-state index >= 15 is 0 Å². The molecular formula is C50H30OS. The van der Waals surface area contributed by atoms with Gasteiger partial charge in [0, 0.05) is 10.8 Å². The van der Waals surface area contributed by atoms with Crippen molar-refractivity contribution >= 4 is 76.4 Å². The summed E-state index contributed by atoms with van der Waals surface area (Å²) in [7, 11) is 0. The van der Waals surface area contributed by atoms with Crippen molar-refractivity contribution in [2.75, 3.05) is 0 Å². The second-order valence-electron chi connectivity index (χ2n) is 13.6. The van der Waals surface area contributed by atoms with Crippen molar-refractivity contribution in [3.8, 4) is 44.5 Å². The highest BCUT2D eigenvalue weighted by molar-refractivity contribution is 7.08. The van der Waals surface area contributed by atoms with Gasteiger partial charge in [-0.1, -0.05) is 146 Å². The quantitative estimate of drug-likeness (QED) is 0.169. The second-order valence-corrected chi connectivity index (χ2v) is 14.3. The van der Waals surface area contributed by atoms with Gasteiger partial charge >= 0.3 is 0 Å². The topological polar surface area (TPSA) is 13.1 Å². The van der Waals surface area contributed by atoms with Crippen molar-refractivity contribution in [2.24, 2.45) is 0 Å². The molecule has 0 bridgehead atoms. The molecule has 52 heavy (non-hydrogen) atoms. The van der Waals surface area contributed by atoms with Crippen LogP contribution in [0.25, 0.3) is 110 Å². The SMILES string of the molecule is c1ccc(-c2c3ccccc3c(-c3cccc4oc5cc(-c6c7ccccc7c(-c7ccsc7)c7ccccc67)ccc5c34)c3ccccc23)cc1. The Hall–Kier alpha value is -6.48. The zero-order valence-corrected chi connectivity index (χ0v) is 29.0. The maximum Gasteiger partial charge on any atom is 0.136 e. The molecule has 9 aromatic carbocycles. The summed E-state index contributed by atoms with van der Waals surface area (Å²) in [5.41, 5.74) is 11.7. The lowest BCUT2D eigenvalue weighted by Gasteiger charge is -2.18. The largest absolute Gasteiger partial charge is 0.456 e. The predicted octanol–water partition coefficient (Wildman–Crippen LogP) is 14.9. The number of thiophene rings is 1. The molecule has 0 aliphatic carbocycles. The summed E-state index contributed by atoms with van der Waals surface area (Å²) < 4.78 is 6.80. The standard InChI is InChI=1S/C50H30OS/c1-2-13-31(14-3-1)46-38-19-8-10-21-40(38)49(41-22-11-9-20-39(41)46)43-23-12-24-44-50(43)42-26-25-32(29-45(42)51-44)47-34-15-4-6-17-36(34)48(33-27-28-52-30-33)37-18-7-5-16-35(37)47/h1-30H. The summed E-state index contributed by atoms with van der Waals surface area (Å²) in [4.78, 5) is 0. The summed E-state index contributed by atoms with van der Waals surface area (Å²) in [6.07, 6.45) is 0. The maximum atomic E-state index is 6.80. The van der Waals surface area contributed by atoms with Gasteiger partial charge in [0.2, 0.25) is 0 Å². The molecule has 2 heterocycles. The lowest BCUT2D eigenvalue weighted by Crippen LogP contribution is -1.91. The van der Waals surface area contributed by atoms with Gasteiger partial charge in [0.05, 0.1) is 0 Å². The molecule has 2 aromatic heterocycles. The van der Waals surface area contributed by atoms with Crippen molar-refractivity contribution in [3.05, 3.63) is 181 Å². The van der Waals surface area contributed by atoms with Crippen LogP contribution in [0.4, 0.5) is 0 Å². The Labute approximate surface area is 304 Å². The number of rotatable bonds is 4. The zero-order chi connectivity index (χ0) is 34.2. The average Bonchev–Trinajstić information content (AvgIpc) is 3.87. The molecule has 11 rings (SSSR count). The van der Waals surface area contributed by atoms with E-state index in [0.29, 0.717) is 0 Å². The number of hydrogen-bond donors (Lipinski definition) is 0. The van der Waals surface area contributed by atoms with Crippen LogP contribution in [0.1, 0.15) is 0 Å². The number of benzene rings is 9. The van der Waals surface area contributed by atoms with Crippen LogP contribution in [0.2, 0.25) is 0 Å². The first-order valence-corrected chi connectivity index (χ1v) is 18.7. The number of hydrogen-bond acceptors (Lipinski definition) is 2. The minimum absolute atomic E-state index is 0.893. The Balaban J connectivity index is 1.19. The van der Waals surface area contributed by atoms with Crippen LogP contribution in [-0.4, -0.2) is 0 Å². The van der Waals surface area contributed by atoms with Gasteiger partial charge in [-0.25, -0.2) is 0 Å². The van der Waals surface area contributed by atoms with Crippen LogP contribution in [0.5, 0.6) is 0 Å². The number of fused-ring (bicyclic) bond motifs is 7. The summed E-state index contributed by atoms with van der Waals surface area (Å²) in [5.74, 6) is 0. The first-order valence-electron chi connectivity index (χ1n) is 17.7. The van der Waals surface area contributed by atoms with Crippen LogP contribution in [0, 0.1) is 0 Å². The fourth-order valence-electron chi connectivity index (χ4n) is 8.68. The van der Waals surface area contributed by atoms with E-state index in [1.807, 2.05) is 0 Å². The molecule has 1 nitrogen and oxygen atoms in total. The van der Waals surface area contributed by atoms with Gasteiger partial charge in [0.1, 0.15) is 11.2 Å². The molecule has 0 unspecified atom stereocenters. The Morgan fingerprint density at radius 2 is 0.827 bits per heavy atom. The molecule has 0 aliphatic heterocycles. The van der Waals surface area contributed by atoms with Crippen molar-refractivity contribution in [2.45, 2.75) is 0 Å². The van der Waals surface area contributed by atoms with Crippen LogP contribution < -0.4 is 0 Å². The maximum absolute atomic E-state index is 6.80. The third kappa shape index (κ3) is 4.28. The van der Waals surface area contributed by atoms with Crippen LogP contribution in [0.15, 0.2) is 185 Å². The Morgan fingerprint density at radius 3 is 1.37 bits per heavy atom. The van der Waals surface area contributed by atoms with Crippen molar-refractivity contribution in [1.82, 2.24) is 0 Å². The Morgan fingerprint density at radius 1 is 0.327 bits per heavy atom. The highest BCUT2D eigenvalue weighted by atomic mass is 32.1. The molecule has 0 fully saturated rings. The fourth-order valence-corrected chi connectivity index (χ4v) is 9.33. The van der Waals surface area contributed by atoms with E-state index in [-0.39, 0.29) is 0 Å². The van der Waals surface area contributed by atoms with Crippen molar-refractivity contribution in [1.29, 1.82) is 0 Å². The van der Waals surface area contributed by atoms with Gasteiger partial charge in [-0.15, -0.1) is 0 Å². The molecule has 0 radical (unpaired) electrons. The molecule has 0 N–H and O–H groups in total. The van der Waals surface area contributed by atoms with E-state index in [1.165, 1.54) is 82.0 Å². The monoisotopic (exact) mass is 678 g/mol. The lowest BCUT2D eigenvalue weighted by atomic mass is 9.84. The lowest BCUT2D eigenvalue weighted by molar-refractivity contribution is 0.669. The van der Waals surface area contributed by atoms with E-state index < -0.39 is 0 Å². The second kappa shape index (κ2) is 11.5. The van der Waals surface area contributed by atoms with Crippen LogP contribution in [0.3, 0.4) is 0 Å². The van der Waals surface area contributed by atoms with Crippen molar-refractivity contribution < 1.29 is 4.42 Å². The summed E-state index contributed by atoms with van der Waals surface area (Å²) in [6.45, 7) is 0. The first kappa shape index (κ1) is 29.3. The smallest absolute Gasteiger partial charge is 0.136 e. The third-order valence-electron chi connectivity index (χ3n) is 10.8. The Bertz CT molecular complexity index is 3050. The molecule has 242 valence electrons. The van der Waals surface area contributed by atoms with Gasteiger partial charge < -0.3 is 4.42 Å². The van der Waals surface area contributed by atoms with Gasteiger partial charge in [-0.2, -0.15) is 11.3 Å². The van der Waals surface area contributed by atoms with E-state index in [2.05, 4.69) is 181 Å². The van der Waals surface area contributed by atoms with Crippen molar-refractivity contribution in [3.63, 3.8) is 0 Å². The Kier molecular flexibility index (Phi) is 6.49. The van der Waals surface area contributed by atoms with Gasteiger partial charge in [-0.3, -0.25) is 0 Å². The van der Waals surface area contributed by atoms with E-state index in [9.17, 15) is 0 Å². The van der Waals surface area contributed by atoms with E-state index in [1.54, 1.807) is 11.3 Å². The predicted molar refractivity (Wildman–Crippen MR) is 223 cm³/mol. The van der Waals surface area contributed by atoms with Gasteiger partial charge in [0.15, 0.2) is 0 Å². The molecule has 0 atom stereocenters. The zero-order valence-electron chi connectivity index (χ0n) is 28.1. The molecule has 0 saturated heterocycles. The summed E-state index contributed by atoms with van der Waals surface area (Å²) in [6, 6.07) is 61.8. The first-order chi connectivity index (χ1) is 25.8. The minimum atomic E-state index is 0.893. The van der Waals surface area contributed by atoms with Crippen LogP contribution in [-0.2, 0) is 0 Å². The average molecular weight is 679 g/mol. The van der Waals surface area contributed by atoms with Gasteiger partial charge in [-0.05, 0) is 123 Å². The third-order valence-corrected chi connectivity index (χ3v) is 11.5.